The summed E-state index contributed by atoms with van der Waals surface area (Å²) >= 11 is 2.04. The van der Waals surface area contributed by atoms with E-state index < -0.39 is 18.2 Å². The van der Waals surface area contributed by atoms with Crippen LogP contribution in [0, 0.1) is 9.49 Å². The fraction of sp³-hybridized carbons (Fsp3) is 0.593. The number of aliphatic hydroxyl groups is 2. The van der Waals surface area contributed by atoms with Crippen molar-refractivity contribution in [3.63, 3.8) is 0 Å². The monoisotopic (exact) mass is 626 g/mol. The highest BCUT2D eigenvalue weighted by atomic mass is 127. The minimum Gasteiger partial charge on any atom is -0.493 e. The third-order valence-corrected chi connectivity index (χ3v) is 8.16. The van der Waals surface area contributed by atoms with E-state index >= 15 is 0 Å². The number of halogens is 1. The Morgan fingerprint density at radius 2 is 1.92 bits per heavy atom. The maximum Gasteiger partial charge on any atom is 0.247 e. The summed E-state index contributed by atoms with van der Waals surface area (Å²) in [4.78, 5) is 39.7. The number of nitrogens with one attached hydrogen (secondary N) is 1. The lowest BCUT2D eigenvalue weighted by molar-refractivity contribution is -0.144. The normalized spacial score (nSPS) is 24.1. The van der Waals surface area contributed by atoms with Crippen molar-refractivity contribution < 1.29 is 34.1 Å². The second kappa shape index (κ2) is 12.6. The minimum atomic E-state index is -1.08. The van der Waals surface area contributed by atoms with Gasteiger partial charge in [-0.3, -0.25) is 14.4 Å². The molecule has 3 atom stereocenters. The Balaban J connectivity index is 1.70. The van der Waals surface area contributed by atoms with Gasteiger partial charge in [-0.25, -0.2) is 0 Å². The largest absolute Gasteiger partial charge is 0.493 e. The van der Waals surface area contributed by atoms with Crippen molar-refractivity contribution in [1.82, 2.24) is 10.2 Å². The molecule has 9 nitrogen and oxygen atoms in total. The Kier molecular flexibility index (Phi) is 9.46. The van der Waals surface area contributed by atoms with Crippen LogP contribution in [0.2, 0.25) is 0 Å². The third-order valence-electron chi connectivity index (χ3n) is 7.36. The first-order chi connectivity index (χ1) is 17.9. The van der Waals surface area contributed by atoms with E-state index in [9.17, 15) is 24.6 Å². The van der Waals surface area contributed by atoms with Crippen molar-refractivity contribution in [3.8, 4) is 11.5 Å². The number of aliphatic hydroxyl groups excluding tert-OH is 2. The highest BCUT2D eigenvalue weighted by Gasteiger charge is 2.46. The zero-order chi connectivity index (χ0) is 26.5. The number of ether oxygens (including phenoxy) is 2. The number of nitrogens with zero attached hydrogens (tertiary/aromatic N) is 1. The smallest absolute Gasteiger partial charge is 0.247 e. The Labute approximate surface area is 230 Å². The molecular weight excluding hydrogens is 591 g/mol. The van der Waals surface area contributed by atoms with Crippen LogP contribution in [-0.4, -0.2) is 77.8 Å². The summed E-state index contributed by atoms with van der Waals surface area (Å²) in [7, 11) is 1.47. The fourth-order valence-electron chi connectivity index (χ4n) is 5.32. The number of rotatable bonds is 10. The van der Waals surface area contributed by atoms with Gasteiger partial charge in [0.1, 0.15) is 18.5 Å². The number of carbonyl (C=O) groups excluding carboxylic acids is 3. The number of hydrogen-bond acceptors (Lipinski definition) is 7. The molecule has 0 aliphatic heterocycles. The van der Waals surface area contributed by atoms with Gasteiger partial charge in [0, 0.05) is 36.1 Å². The summed E-state index contributed by atoms with van der Waals surface area (Å²) in [5.41, 5.74) is 0.824. The Bertz CT molecular complexity index is 1040. The van der Waals surface area contributed by atoms with Crippen LogP contribution in [0.5, 0.6) is 11.5 Å². The van der Waals surface area contributed by atoms with Crippen LogP contribution in [-0.2, 0) is 9.59 Å². The molecule has 0 radical (unpaired) electrons. The van der Waals surface area contributed by atoms with E-state index in [1.54, 1.807) is 18.2 Å². The minimum absolute atomic E-state index is 0.0172. The van der Waals surface area contributed by atoms with Crippen LogP contribution in [0.15, 0.2) is 23.8 Å². The molecule has 1 aromatic rings. The number of methoxy groups -OCH3 is 1. The Morgan fingerprint density at radius 1 is 1.19 bits per heavy atom. The first-order valence-corrected chi connectivity index (χ1v) is 14.0. The van der Waals surface area contributed by atoms with Crippen molar-refractivity contribution in [2.24, 2.45) is 5.92 Å². The molecule has 3 N–H and O–H groups in total. The summed E-state index contributed by atoms with van der Waals surface area (Å²) in [6.07, 6.45) is 7.14. The van der Waals surface area contributed by atoms with Crippen molar-refractivity contribution in [2.45, 2.75) is 75.7 Å². The van der Waals surface area contributed by atoms with Gasteiger partial charge in [0.2, 0.25) is 11.8 Å². The third kappa shape index (κ3) is 6.46. The second-order valence-corrected chi connectivity index (χ2v) is 11.1. The van der Waals surface area contributed by atoms with Gasteiger partial charge in [0.15, 0.2) is 11.5 Å². The van der Waals surface area contributed by atoms with Crippen LogP contribution >= 0.6 is 22.6 Å². The van der Waals surface area contributed by atoms with Crippen LogP contribution in [0.3, 0.4) is 0 Å². The molecular formula is C27H35IN2O7. The molecule has 37 heavy (non-hydrogen) atoms. The molecule has 0 spiro atoms. The summed E-state index contributed by atoms with van der Waals surface area (Å²) in [6.45, 7) is -0.0982. The number of benzene rings is 1. The van der Waals surface area contributed by atoms with Gasteiger partial charge in [0.25, 0.3) is 0 Å². The second-order valence-electron chi connectivity index (χ2n) is 9.98. The van der Waals surface area contributed by atoms with Crippen LogP contribution in [0.4, 0.5) is 0 Å². The van der Waals surface area contributed by atoms with Gasteiger partial charge >= 0.3 is 0 Å². The SMILES string of the molecule is COc1cc(C=O)cc(I)c1O[C@H]1C=C(C(=O)NCCO)C[C@@H](N(C(=O)C2CC2)C2CCCCC2)[C@@H]1O. The summed E-state index contributed by atoms with van der Waals surface area (Å²) in [5, 5.41) is 23.5. The van der Waals surface area contributed by atoms with E-state index in [4.69, 9.17) is 9.47 Å². The Morgan fingerprint density at radius 3 is 2.54 bits per heavy atom. The zero-order valence-electron chi connectivity index (χ0n) is 21.0. The molecule has 2 amide bonds. The van der Waals surface area contributed by atoms with E-state index in [2.05, 4.69) is 5.32 Å². The molecule has 0 heterocycles. The summed E-state index contributed by atoms with van der Waals surface area (Å²) in [6, 6.07) is 2.60. The van der Waals surface area contributed by atoms with Gasteiger partial charge in [-0.1, -0.05) is 19.3 Å². The predicted octanol–water partition coefficient (Wildman–Crippen LogP) is 2.60. The van der Waals surface area contributed by atoms with E-state index in [0.29, 0.717) is 26.2 Å². The lowest BCUT2D eigenvalue weighted by atomic mass is 9.85. The molecule has 1 aromatic carbocycles. The average molecular weight is 626 g/mol. The number of hydrogen-bond donors (Lipinski definition) is 3. The molecule has 0 unspecified atom stereocenters. The number of amides is 2. The van der Waals surface area contributed by atoms with Crippen molar-refractivity contribution in [3.05, 3.63) is 32.9 Å². The first kappa shape index (κ1) is 27.8. The van der Waals surface area contributed by atoms with Crippen LogP contribution < -0.4 is 14.8 Å². The number of carbonyl (C=O) groups is 3. The molecule has 3 aliphatic rings. The lowest BCUT2D eigenvalue weighted by Crippen LogP contribution is -2.58. The van der Waals surface area contributed by atoms with E-state index in [1.807, 2.05) is 27.5 Å². The average Bonchev–Trinajstić information content (AvgIpc) is 3.76. The molecule has 3 aliphatic carbocycles. The highest BCUT2D eigenvalue weighted by Crippen LogP contribution is 2.40. The van der Waals surface area contributed by atoms with Crippen LogP contribution in [0.25, 0.3) is 0 Å². The van der Waals surface area contributed by atoms with Gasteiger partial charge in [-0.05, 0) is 66.5 Å². The van der Waals surface area contributed by atoms with E-state index in [-0.39, 0.29) is 43.3 Å². The molecule has 10 heteroatoms. The maximum atomic E-state index is 13.6. The zero-order valence-corrected chi connectivity index (χ0v) is 23.2. The number of aldehydes is 1. The lowest BCUT2D eigenvalue weighted by Gasteiger charge is -2.45. The molecule has 2 saturated carbocycles. The molecule has 4 rings (SSSR count). The Hall–Kier alpha value is -2.18. The van der Waals surface area contributed by atoms with Gasteiger partial charge in [-0.15, -0.1) is 0 Å². The van der Waals surface area contributed by atoms with Crippen molar-refractivity contribution >= 4 is 40.7 Å². The molecule has 2 fully saturated rings. The van der Waals surface area contributed by atoms with Crippen LogP contribution in [0.1, 0.15) is 61.7 Å². The molecule has 0 bridgehead atoms. The quantitative estimate of drug-likeness (QED) is 0.270. The van der Waals surface area contributed by atoms with E-state index in [1.165, 1.54) is 7.11 Å². The van der Waals surface area contributed by atoms with Gasteiger partial charge in [0.05, 0.1) is 23.3 Å². The highest BCUT2D eigenvalue weighted by molar-refractivity contribution is 14.1. The standard InChI is InChI=1S/C27H35IN2O7/c1-36-23-12-16(15-32)11-20(28)25(23)37-22-14-18(26(34)29-9-10-31)13-21(24(22)33)30(27(35)17-7-8-17)19-5-3-2-4-6-19/h11-12,14-15,17,19,21-22,24,31,33H,2-10,13H2,1H3,(H,29,34)/t21-,22+,24+/m1/s1. The van der Waals surface area contributed by atoms with Crippen molar-refractivity contribution in [2.75, 3.05) is 20.3 Å². The summed E-state index contributed by atoms with van der Waals surface area (Å²) in [5.74, 6) is 0.348. The van der Waals surface area contributed by atoms with Gasteiger partial charge < -0.3 is 29.9 Å². The predicted molar refractivity (Wildman–Crippen MR) is 145 cm³/mol. The molecule has 0 saturated heterocycles. The topological polar surface area (TPSA) is 125 Å². The summed E-state index contributed by atoms with van der Waals surface area (Å²) < 4.78 is 12.4. The fourth-order valence-corrected chi connectivity index (χ4v) is 6.07. The first-order valence-electron chi connectivity index (χ1n) is 13.0. The van der Waals surface area contributed by atoms with Crippen molar-refractivity contribution in [1.29, 1.82) is 0 Å². The van der Waals surface area contributed by atoms with E-state index in [0.717, 1.165) is 51.2 Å². The molecule has 202 valence electrons. The molecule has 0 aromatic heterocycles. The maximum absolute atomic E-state index is 13.6. The van der Waals surface area contributed by atoms with Gasteiger partial charge in [-0.2, -0.15) is 0 Å².